The Bertz CT molecular complexity index is 1340. The van der Waals surface area contributed by atoms with Crippen LogP contribution in [0.4, 0.5) is 11.5 Å². The van der Waals surface area contributed by atoms with Crippen molar-refractivity contribution in [2.45, 2.75) is 38.6 Å². The number of hydrogen-bond acceptors (Lipinski definition) is 5. The van der Waals surface area contributed by atoms with Crippen molar-refractivity contribution in [3.8, 4) is 0 Å². The molecule has 1 atom stereocenters. The molecule has 1 aliphatic carbocycles. The number of allylic oxidation sites excluding steroid dienone is 2. The van der Waals surface area contributed by atoms with Crippen molar-refractivity contribution in [3.05, 3.63) is 103 Å². The van der Waals surface area contributed by atoms with Crippen LogP contribution in [0.15, 0.2) is 75.5 Å². The van der Waals surface area contributed by atoms with E-state index in [0.717, 1.165) is 36.5 Å². The van der Waals surface area contributed by atoms with Gasteiger partial charge in [-0.2, -0.15) is 0 Å². The molecule has 0 spiro atoms. The van der Waals surface area contributed by atoms with Crippen LogP contribution in [-0.4, -0.2) is 22.3 Å². The molecular weight excluding hydrogens is 416 g/mol. The number of nitrogens with zero attached hydrogens (tertiary/aromatic N) is 1. The Labute approximate surface area is 191 Å². The van der Waals surface area contributed by atoms with Crippen molar-refractivity contribution < 1.29 is 4.79 Å². The number of ketones is 1. The minimum atomic E-state index is -0.564. The van der Waals surface area contributed by atoms with E-state index in [-0.39, 0.29) is 5.78 Å². The lowest BCUT2D eigenvalue weighted by Crippen LogP contribution is -2.36. The van der Waals surface area contributed by atoms with Crippen LogP contribution in [0.5, 0.6) is 0 Å². The summed E-state index contributed by atoms with van der Waals surface area (Å²) in [6.45, 7) is 3.76. The lowest BCUT2D eigenvalue weighted by Gasteiger charge is -2.33. The summed E-state index contributed by atoms with van der Waals surface area (Å²) in [5, 5.41) is 3.15. The second kappa shape index (κ2) is 8.58. The smallest absolute Gasteiger partial charge is 0.327 e. The first-order chi connectivity index (χ1) is 16.0. The highest BCUT2D eigenvalue weighted by atomic mass is 16.2. The van der Waals surface area contributed by atoms with Crippen LogP contribution in [0.3, 0.4) is 0 Å². The zero-order valence-corrected chi connectivity index (χ0v) is 18.5. The number of fused-ring (bicyclic) bond motifs is 1. The quantitative estimate of drug-likeness (QED) is 0.560. The molecule has 1 aliphatic heterocycles. The highest BCUT2D eigenvalue weighted by Gasteiger charge is 2.37. The van der Waals surface area contributed by atoms with E-state index in [1.54, 1.807) is 0 Å². The van der Waals surface area contributed by atoms with Crippen LogP contribution in [0.1, 0.15) is 48.8 Å². The number of aromatic amines is 2. The summed E-state index contributed by atoms with van der Waals surface area (Å²) in [4.78, 5) is 45.0. The van der Waals surface area contributed by atoms with Gasteiger partial charge in [-0.25, -0.2) is 4.79 Å². The van der Waals surface area contributed by atoms with E-state index in [4.69, 9.17) is 0 Å². The van der Waals surface area contributed by atoms with Crippen molar-refractivity contribution in [3.63, 3.8) is 0 Å². The Morgan fingerprint density at radius 1 is 0.939 bits per heavy atom. The van der Waals surface area contributed by atoms with Crippen LogP contribution in [-0.2, 0) is 11.3 Å². The maximum absolute atomic E-state index is 12.9. The van der Waals surface area contributed by atoms with Crippen molar-refractivity contribution in [2.75, 3.05) is 16.8 Å². The van der Waals surface area contributed by atoms with E-state index in [2.05, 4.69) is 39.2 Å². The van der Waals surface area contributed by atoms with Gasteiger partial charge in [-0.1, -0.05) is 42.5 Å². The van der Waals surface area contributed by atoms with Crippen molar-refractivity contribution in [2.24, 2.45) is 0 Å². The van der Waals surface area contributed by atoms with Crippen LogP contribution < -0.4 is 21.5 Å². The molecule has 0 radical (unpaired) electrons. The predicted molar refractivity (Wildman–Crippen MR) is 129 cm³/mol. The zero-order valence-electron chi connectivity index (χ0n) is 18.5. The number of benzene rings is 2. The van der Waals surface area contributed by atoms with Gasteiger partial charge in [-0.15, -0.1) is 0 Å². The number of rotatable bonds is 5. The molecule has 168 valence electrons. The number of H-pyrrole nitrogens is 2. The lowest BCUT2D eigenvalue weighted by molar-refractivity contribution is -0.116. The summed E-state index contributed by atoms with van der Waals surface area (Å²) in [5.41, 5.74) is 3.94. The van der Waals surface area contributed by atoms with Gasteiger partial charge in [0.15, 0.2) is 5.78 Å². The van der Waals surface area contributed by atoms with Gasteiger partial charge in [-0.05, 0) is 43.0 Å². The van der Waals surface area contributed by atoms with Gasteiger partial charge in [0.1, 0.15) is 5.82 Å². The largest absolute Gasteiger partial charge is 0.367 e. The van der Waals surface area contributed by atoms with Gasteiger partial charge in [0.05, 0.1) is 5.56 Å². The molecule has 2 heterocycles. The topological polar surface area (TPSA) is 98.1 Å². The maximum Gasteiger partial charge on any atom is 0.327 e. The average Bonchev–Trinajstić information content (AvgIpc) is 2.82. The summed E-state index contributed by atoms with van der Waals surface area (Å²) >= 11 is 0. The molecule has 33 heavy (non-hydrogen) atoms. The summed E-state index contributed by atoms with van der Waals surface area (Å²) < 4.78 is 0. The molecule has 2 aromatic carbocycles. The van der Waals surface area contributed by atoms with Gasteiger partial charge >= 0.3 is 5.69 Å². The zero-order chi connectivity index (χ0) is 22.9. The Hall–Kier alpha value is -3.87. The molecular formula is C26H26N4O3. The number of carbonyl (C=O) groups excluding carboxylic acids is 1. The molecule has 7 nitrogen and oxygen atoms in total. The van der Waals surface area contributed by atoms with Crippen LogP contribution in [0.25, 0.3) is 0 Å². The minimum Gasteiger partial charge on any atom is -0.367 e. The Morgan fingerprint density at radius 3 is 2.42 bits per heavy atom. The van der Waals surface area contributed by atoms with E-state index < -0.39 is 17.2 Å². The molecule has 5 rings (SSSR count). The molecule has 0 fully saturated rings. The van der Waals surface area contributed by atoms with E-state index in [9.17, 15) is 14.4 Å². The molecule has 1 aromatic heterocycles. The summed E-state index contributed by atoms with van der Waals surface area (Å²) in [5.74, 6) is -0.0817. The first-order valence-electron chi connectivity index (χ1n) is 11.3. The molecule has 0 saturated carbocycles. The van der Waals surface area contributed by atoms with Crippen molar-refractivity contribution >= 4 is 17.3 Å². The van der Waals surface area contributed by atoms with Gasteiger partial charge in [0, 0.05) is 42.4 Å². The molecule has 3 N–H and O–H groups in total. The van der Waals surface area contributed by atoms with Crippen LogP contribution >= 0.6 is 0 Å². The number of Topliss-reactive ketones (excluding diaryl/α,β-unsaturated/α-hetero) is 1. The first-order valence-corrected chi connectivity index (χ1v) is 11.3. The molecule has 0 unspecified atom stereocenters. The summed E-state index contributed by atoms with van der Waals surface area (Å²) in [6, 6.07) is 18.4. The number of carbonyl (C=O) groups is 1. The Morgan fingerprint density at radius 2 is 1.70 bits per heavy atom. The van der Waals surface area contributed by atoms with Crippen molar-refractivity contribution in [1.29, 1.82) is 0 Å². The molecule has 3 aromatic rings. The van der Waals surface area contributed by atoms with E-state index in [1.165, 1.54) is 5.56 Å². The Balaban J connectivity index is 1.55. The van der Waals surface area contributed by atoms with Gasteiger partial charge < -0.3 is 10.2 Å². The normalized spacial score (nSPS) is 17.2. The molecule has 7 heteroatoms. The SMILES string of the molecule is CCN(Cc1ccccc1)c1ccc([C@H]2C3=C(CCCC3=O)Nc3[nH]c(=O)[nH]c(=O)c32)cc1. The number of aromatic nitrogens is 2. The monoisotopic (exact) mass is 442 g/mol. The Kier molecular flexibility index (Phi) is 5.46. The predicted octanol–water partition coefficient (Wildman–Crippen LogP) is 3.65. The van der Waals surface area contributed by atoms with Gasteiger partial charge in [0.25, 0.3) is 5.56 Å². The number of anilines is 2. The third-order valence-electron chi connectivity index (χ3n) is 6.48. The maximum atomic E-state index is 12.9. The lowest BCUT2D eigenvalue weighted by atomic mass is 9.76. The highest BCUT2D eigenvalue weighted by Crippen LogP contribution is 2.43. The minimum absolute atomic E-state index is 0.0494. The third-order valence-corrected chi connectivity index (χ3v) is 6.48. The van der Waals surface area contributed by atoms with Crippen LogP contribution in [0, 0.1) is 0 Å². The second-order valence-electron chi connectivity index (χ2n) is 8.52. The fraction of sp³-hybridized carbons (Fsp3) is 0.269. The summed E-state index contributed by atoms with van der Waals surface area (Å²) in [7, 11) is 0. The van der Waals surface area contributed by atoms with Crippen molar-refractivity contribution in [1.82, 2.24) is 9.97 Å². The standard InChI is InChI=1S/C26H26N4O3/c1-2-30(15-16-7-4-3-5-8-16)18-13-11-17(12-14-18)21-22-19(9-6-10-20(22)31)27-24-23(21)25(32)29-26(33)28-24/h3-5,7-8,11-14,21H,2,6,9-10,15H2,1H3,(H3,27,28,29,32,33)/t21-/m0/s1. The van der Waals surface area contributed by atoms with Gasteiger partial charge in [0.2, 0.25) is 0 Å². The van der Waals surface area contributed by atoms with Gasteiger partial charge in [-0.3, -0.25) is 19.6 Å². The number of nitrogens with one attached hydrogen (secondary N) is 3. The molecule has 2 aliphatic rings. The van der Waals surface area contributed by atoms with E-state index in [1.807, 2.05) is 42.5 Å². The molecule has 0 saturated heterocycles. The van der Waals surface area contributed by atoms with E-state index >= 15 is 0 Å². The first kappa shape index (κ1) is 21.0. The van der Waals surface area contributed by atoms with E-state index in [0.29, 0.717) is 29.8 Å². The summed E-state index contributed by atoms with van der Waals surface area (Å²) in [6.07, 6.45) is 1.93. The number of hydrogen-bond donors (Lipinski definition) is 3. The molecule has 0 bridgehead atoms. The molecule has 0 amide bonds. The second-order valence-corrected chi connectivity index (χ2v) is 8.52. The fourth-order valence-electron chi connectivity index (χ4n) is 4.89. The van der Waals surface area contributed by atoms with Crippen LogP contribution in [0.2, 0.25) is 0 Å². The third kappa shape index (κ3) is 3.91. The fourth-order valence-corrected chi connectivity index (χ4v) is 4.89. The highest BCUT2D eigenvalue weighted by molar-refractivity contribution is 6.00. The average molecular weight is 443 g/mol.